The largest absolute Gasteiger partial charge is 0.485 e. The van der Waals surface area contributed by atoms with E-state index < -0.39 is 0 Å². The van der Waals surface area contributed by atoms with Gasteiger partial charge in [0.1, 0.15) is 11.4 Å². The third-order valence-corrected chi connectivity index (χ3v) is 8.67. The van der Waals surface area contributed by atoms with E-state index in [9.17, 15) is 4.79 Å². The van der Waals surface area contributed by atoms with E-state index in [1.807, 2.05) is 37.3 Å². The van der Waals surface area contributed by atoms with Gasteiger partial charge in [-0.3, -0.25) is 9.69 Å². The zero-order chi connectivity index (χ0) is 28.4. The molecule has 0 spiro atoms. The summed E-state index contributed by atoms with van der Waals surface area (Å²) in [5, 5.41) is 5.59. The number of ether oxygens (including phenoxy) is 1. The topological polar surface area (TPSA) is 71.2 Å². The number of hydrogen-bond donors (Lipinski definition) is 1. The fourth-order valence-electron chi connectivity index (χ4n) is 6.26. The summed E-state index contributed by atoms with van der Waals surface area (Å²) < 4.78 is 6.56. The number of fused-ring (bicyclic) bond motifs is 1. The van der Waals surface area contributed by atoms with Gasteiger partial charge in [-0.25, -0.2) is 5.01 Å². The molecule has 6 rings (SSSR count). The highest BCUT2D eigenvalue weighted by Gasteiger charge is 2.39. The molecule has 1 amide bonds. The van der Waals surface area contributed by atoms with E-state index >= 15 is 0 Å². The van der Waals surface area contributed by atoms with Crippen LogP contribution in [0.3, 0.4) is 0 Å². The zero-order valence-electron chi connectivity index (χ0n) is 24.5. The number of hydrazone groups is 1. The van der Waals surface area contributed by atoms with E-state index in [1.54, 1.807) is 0 Å². The number of likely N-dealkylation sites (tertiary alicyclic amines) is 1. The van der Waals surface area contributed by atoms with Crippen LogP contribution in [0.4, 0.5) is 11.4 Å². The van der Waals surface area contributed by atoms with Crippen LogP contribution >= 0.6 is 0 Å². The number of carbonyl (C=O) groups is 1. The van der Waals surface area contributed by atoms with Gasteiger partial charge < -0.3 is 10.5 Å². The smallest absolute Gasteiger partial charge is 0.253 e. The first-order valence-corrected chi connectivity index (χ1v) is 14.4. The highest BCUT2D eigenvalue weighted by atomic mass is 16.5. The molecule has 6 heteroatoms. The third-order valence-electron chi connectivity index (χ3n) is 8.67. The quantitative estimate of drug-likeness (QED) is 0.382. The van der Waals surface area contributed by atoms with Gasteiger partial charge in [0.05, 0.1) is 12.1 Å². The van der Waals surface area contributed by atoms with Gasteiger partial charge >= 0.3 is 0 Å². The molecule has 3 aliphatic heterocycles. The van der Waals surface area contributed by atoms with Crippen molar-refractivity contribution in [1.82, 2.24) is 4.90 Å². The summed E-state index contributed by atoms with van der Waals surface area (Å²) in [5.41, 5.74) is 15.2. The van der Waals surface area contributed by atoms with Crippen molar-refractivity contribution in [3.63, 3.8) is 0 Å². The van der Waals surface area contributed by atoms with Gasteiger partial charge in [0.2, 0.25) is 0 Å². The average Bonchev–Trinajstić information content (AvgIpc) is 3.50. The number of hydrogen-bond acceptors (Lipinski definition) is 5. The molecule has 3 aliphatic rings. The Labute approximate surface area is 238 Å². The number of benzene rings is 3. The van der Waals surface area contributed by atoms with Gasteiger partial charge in [-0.2, -0.15) is 5.10 Å². The lowest BCUT2D eigenvalue weighted by Crippen LogP contribution is -2.47. The van der Waals surface area contributed by atoms with Gasteiger partial charge in [0.25, 0.3) is 5.91 Å². The predicted molar refractivity (Wildman–Crippen MR) is 164 cm³/mol. The van der Waals surface area contributed by atoms with E-state index in [-0.39, 0.29) is 11.5 Å². The molecule has 0 saturated carbocycles. The zero-order valence-corrected chi connectivity index (χ0v) is 24.5. The van der Waals surface area contributed by atoms with Crippen LogP contribution in [0.1, 0.15) is 66.8 Å². The molecule has 1 unspecified atom stereocenters. The third kappa shape index (κ3) is 5.78. The number of amides is 1. The maximum absolute atomic E-state index is 11.4. The Kier molecular flexibility index (Phi) is 7.99. The molecule has 210 valence electrons. The molecule has 40 heavy (non-hydrogen) atoms. The standard InChI is InChI=1S/C24H32N2O.C10H10N2O/c1-16-17(2)23-21(18(3)22(16)25)14-24(4,27-23)15-26-12-10-20(11-13-26)19-8-6-5-7-9-19;1-8-7-10(13)12(11-8)9-5-3-2-4-6-9/h5-9,20H,10-15,25H2,1-4H3;2-6H,7H2,1H3. The molecule has 1 saturated heterocycles. The Bertz CT molecular complexity index is 1360. The van der Waals surface area contributed by atoms with Crippen LogP contribution in [0.25, 0.3) is 0 Å². The van der Waals surface area contributed by atoms with Gasteiger partial charge in [0, 0.05) is 29.9 Å². The van der Waals surface area contributed by atoms with E-state index in [2.05, 4.69) is 68.0 Å². The number of piperidine rings is 1. The van der Waals surface area contributed by atoms with E-state index in [4.69, 9.17) is 10.5 Å². The number of nitrogens with two attached hydrogens (primary N) is 1. The molecule has 3 heterocycles. The summed E-state index contributed by atoms with van der Waals surface area (Å²) in [5.74, 6) is 1.83. The second kappa shape index (κ2) is 11.5. The van der Waals surface area contributed by atoms with E-state index in [0.29, 0.717) is 12.3 Å². The maximum Gasteiger partial charge on any atom is 0.253 e. The molecule has 0 aliphatic carbocycles. The molecular weight excluding hydrogens is 496 g/mol. The lowest BCUT2D eigenvalue weighted by Gasteiger charge is -2.37. The minimum absolute atomic E-state index is 0.0451. The van der Waals surface area contributed by atoms with Crippen LogP contribution in [0.2, 0.25) is 0 Å². The molecule has 0 bridgehead atoms. The number of para-hydroxylation sites is 1. The predicted octanol–water partition coefficient (Wildman–Crippen LogP) is 6.57. The molecule has 6 nitrogen and oxygen atoms in total. The maximum atomic E-state index is 11.4. The van der Waals surface area contributed by atoms with Crippen LogP contribution in [0.5, 0.6) is 5.75 Å². The summed E-state index contributed by atoms with van der Waals surface area (Å²) in [6.07, 6.45) is 3.86. The van der Waals surface area contributed by atoms with E-state index in [0.717, 1.165) is 48.9 Å². The van der Waals surface area contributed by atoms with Crippen molar-refractivity contribution < 1.29 is 9.53 Å². The molecular formula is C34H42N4O2. The van der Waals surface area contributed by atoms with E-state index in [1.165, 1.54) is 45.7 Å². The van der Waals surface area contributed by atoms with Crippen LogP contribution in [-0.4, -0.2) is 41.8 Å². The minimum Gasteiger partial charge on any atom is -0.485 e. The highest BCUT2D eigenvalue weighted by Crippen LogP contribution is 2.44. The molecule has 3 aromatic carbocycles. The lowest BCUT2D eigenvalue weighted by molar-refractivity contribution is -0.116. The Morgan fingerprint density at radius 2 is 1.55 bits per heavy atom. The Hall–Kier alpha value is -3.64. The highest BCUT2D eigenvalue weighted by molar-refractivity contribution is 6.12. The minimum atomic E-state index is -0.155. The summed E-state index contributed by atoms with van der Waals surface area (Å²) in [7, 11) is 0. The van der Waals surface area contributed by atoms with Gasteiger partial charge in [-0.1, -0.05) is 48.5 Å². The van der Waals surface area contributed by atoms with Crippen molar-refractivity contribution in [1.29, 1.82) is 0 Å². The first-order chi connectivity index (χ1) is 19.1. The average molecular weight is 539 g/mol. The van der Waals surface area contributed by atoms with Crippen molar-refractivity contribution >= 4 is 23.0 Å². The van der Waals surface area contributed by atoms with Crippen molar-refractivity contribution in [2.45, 2.75) is 71.8 Å². The summed E-state index contributed by atoms with van der Waals surface area (Å²) in [6.45, 7) is 13.8. The second-order valence-corrected chi connectivity index (χ2v) is 11.8. The van der Waals surface area contributed by atoms with Crippen molar-refractivity contribution in [3.05, 3.63) is 88.5 Å². The van der Waals surface area contributed by atoms with Crippen LogP contribution in [0.15, 0.2) is 65.8 Å². The first-order valence-electron chi connectivity index (χ1n) is 14.4. The number of anilines is 2. The number of nitrogens with zero attached hydrogens (tertiary/aromatic N) is 3. The van der Waals surface area contributed by atoms with Gasteiger partial charge in [-0.15, -0.1) is 0 Å². The Morgan fingerprint density at radius 3 is 2.15 bits per heavy atom. The molecule has 2 N–H and O–H groups in total. The molecule has 0 aromatic heterocycles. The van der Waals surface area contributed by atoms with Crippen LogP contribution < -0.4 is 15.5 Å². The Morgan fingerprint density at radius 1 is 0.925 bits per heavy atom. The molecule has 3 aromatic rings. The SMILES string of the molecule is CC1=NN(c2ccccc2)C(=O)C1.Cc1c(C)c2c(c(C)c1N)CC(C)(CN1CCC(c3ccccc3)CC1)O2. The summed E-state index contributed by atoms with van der Waals surface area (Å²) >= 11 is 0. The summed E-state index contributed by atoms with van der Waals surface area (Å²) in [4.78, 5) is 14.0. The fourth-order valence-corrected chi connectivity index (χ4v) is 6.26. The number of carbonyl (C=O) groups excluding carboxylic acids is 1. The Balaban J connectivity index is 0.000000207. The lowest BCUT2D eigenvalue weighted by atomic mass is 9.88. The molecule has 1 atom stereocenters. The fraction of sp³-hybridized carbons (Fsp3) is 0.412. The molecule has 0 radical (unpaired) electrons. The van der Waals surface area contributed by atoms with Crippen LogP contribution in [0, 0.1) is 20.8 Å². The van der Waals surface area contributed by atoms with Crippen molar-refractivity contribution in [2.24, 2.45) is 5.10 Å². The summed E-state index contributed by atoms with van der Waals surface area (Å²) in [6, 6.07) is 20.4. The normalized spacial score (nSPS) is 21.0. The number of rotatable bonds is 4. The van der Waals surface area contributed by atoms with Crippen molar-refractivity contribution in [3.8, 4) is 5.75 Å². The van der Waals surface area contributed by atoms with Crippen LogP contribution in [-0.2, 0) is 11.2 Å². The number of nitrogen functional groups attached to an aromatic ring is 1. The second-order valence-electron chi connectivity index (χ2n) is 11.8. The van der Waals surface area contributed by atoms with Crippen molar-refractivity contribution in [2.75, 3.05) is 30.4 Å². The van der Waals surface area contributed by atoms with Gasteiger partial charge in [0.15, 0.2) is 0 Å². The first kappa shape index (κ1) is 27.9. The molecule has 1 fully saturated rings. The monoisotopic (exact) mass is 538 g/mol. The van der Waals surface area contributed by atoms with Gasteiger partial charge in [-0.05, 0) is 101 Å².